The van der Waals surface area contributed by atoms with Gasteiger partial charge in [0.05, 0.1) is 13.2 Å². The number of aromatic nitrogens is 2. The number of hydrogen-bond acceptors (Lipinski definition) is 5. The molecule has 1 saturated heterocycles. The molecule has 0 aromatic carbocycles. The second-order valence-corrected chi connectivity index (χ2v) is 5.31. The smallest absolute Gasteiger partial charge is 0.356 e. The summed E-state index contributed by atoms with van der Waals surface area (Å²) in [5.41, 5.74) is 1.73. The summed E-state index contributed by atoms with van der Waals surface area (Å²) in [6, 6.07) is 5.68. The van der Waals surface area contributed by atoms with E-state index in [9.17, 15) is 4.79 Å². The van der Waals surface area contributed by atoms with Crippen molar-refractivity contribution in [1.29, 1.82) is 0 Å². The zero-order valence-electron chi connectivity index (χ0n) is 12.4. The zero-order valence-corrected chi connectivity index (χ0v) is 12.4. The maximum absolute atomic E-state index is 11.0. The van der Waals surface area contributed by atoms with Crippen molar-refractivity contribution in [3.8, 4) is 0 Å². The van der Waals surface area contributed by atoms with E-state index < -0.39 is 5.97 Å². The number of carboxylic acid groups (broad SMARTS) is 1. The monoisotopic (exact) mass is 304 g/mol. The topological polar surface area (TPSA) is 79.1 Å². The highest BCUT2D eigenvalue weighted by Gasteiger charge is 2.11. The van der Waals surface area contributed by atoms with Gasteiger partial charge in [0.25, 0.3) is 0 Å². The minimum absolute atomic E-state index is 0.0702. The fraction of sp³-hybridized carbons (Fsp3) is 0.467. The largest absolute Gasteiger partial charge is 0.476 e. The maximum atomic E-state index is 11.0. The molecular weight excluding hydrogens is 284 g/mol. The first kappa shape index (κ1) is 15.0. The van der Waals surface area contributed by atoms with Gasteiger partial charge in [-0.3, -0.25) is 4.90 Å². The van der Waals surface area contributed by atoms with Crippen LogP contribution in [0.4, 0.5) is 0 Å². The number of aromatic carboxylic acids is 1. The number of nitrogens with zero attached hydrogens (tertiary/aromatic N) is 3. The lowest BCUT2D eigenvalue weighted by Gasteiger charge is -2.26. The number of hydrogen-bond donors (Lipinski definition) is 2. The normalized spacial score (nSPS) is 16.2. The second-order valence-electron chi connectivity index (χ2n) is 5.31. The summed E-state index contributed by atoms with van der Waals surface area (Å²) in [6.45, 7) is 6.15. The number of carbonyl (C=O) groups is 1. The first-order valence-corrected chi connectivity index (χ1v) is 7.45. The van der Waals surface area contributed by atoms with Crippen molar-refractivity contribution < 1.29 is 14.6 Å². The van der Waals surface area contributed by atoms with E-state index in [1.54, 1.807) is 6.20 Å². The summed E-state index contributed by atoms with van der Waals surface area (Å²) in [5, 5.41) is 12.4. The molecule has 7 heteroatoms. The summed E-state index contributed by atoms with van der Waals surface area (Å²) in [7, 11) is 0. The predicted molar refractivity (Wildman–Crippen MR) is 81.1 cm³/mol. The molecule has 1 aliphatic rings. The average Bonchev–Trinajstić information content (AvgIpc) is 2.98. The predicted octanol–water partition coefficient (Wildman–Crippen LogP) is 0.454. The van der Waals surface area contributed by atoms with Crippen LogP contribution in [0.15, 0.2) is 24.4 Å². The molecule has 7 nitrogen and oxygen atoms in total. The van der Waals surface area contributed by atoms with Crippen molar-refractivity contribution in [2.24, 2.45) is 0 Å². The lowest BCUT2D eigenvalue weighted by molar-refractivity contribution is 0.0384. The molecule has 22 heavy (non-hydrogen) atoms. The van der Waals surface area contributed by atoms with Gasteiger partial charge in [0.15, 0.2) is 5.69 Å². The summed E-state index contributed by atoms with van der Waals surface area (Å²) >= 11 is 0. The van der Waals surface area contributed by atoms with Crippen molar-refractivity contribution in [2.45, 2.75) is 6.54 Å². The Morgan fingerprint density at radius 3 is 2.95 bits per heavy atom. The number of ether oxygens (including phenoxy) is 1. The molecule has 0 amide bonds. The number of pyridine rings is 1. The molecule has 0 unspecified atom stereocenters. The third-order valence-corrected chi connectivity index (χ3v) is 3.81. The van der Waals surface area contributed by atoms with Crippen LogP contribution in [0.1, 0.15) is 16.2 Å². The van der Waals surface area contributed by atoms with E-state index in [0.717, 1.165) is 45.1 Å². The van der Waals surface area contributed by atoms with Crippen molar-refractivity contribution in [3.63, 3.8) is 0 Å². The SMILES string of the molecule is O=C(O)c1cn2c(CNCCN3CCOCC3)cccc2n1. The summed E-state index contributed by atoms with van der Waals surface area (Å²) in [4.78, 5) is 17.5. The van der Waals surface area contributed by atoms with Crippen LogP contribution in [-0.2, 0) is 11.3 Å². The lowest BCUT2D eigenvalue weighted by Crippen LogP contribution is -2.40. The quantitative estimate of drug-likeness (QED) is 0.755. The van der Waals surface area contributed by atoms with E-state index in [4.69, 9.17) is 9.84 Å². The van der Waals surface area contributed by atoms with Crippen molar-refractivity contribution in [2.75, 3.05) is 39.4 Å². The van der Waals surface area contributed by atoms with Gasteiger partial charge < -0.3 is 19.6 Å². The molecule has 0 aliphatic carbocycles. The molecule has 0 radical (unpaired) electrons. The first-order chi connectivity index (χ1) is 10.7. The van der Waals surface area contributed by atoms with Gasteiger partial charge in [-0.25, -0.2) is 9.78 Å². The molecule has 1 aliphatic heterocycles. The first-order valence-electron chi connectivity index (χ1n) is 7.45. The van der Waals surface area contributed by atoms with E-state index >= 15 is 0 Å². The molecule has 2 aromatic heterocycles. The zero-order chi connectivity index (χ0) is 15.4. The minimum atomic E-state index is -1.00. The van der Waals surface area contributed by atoms with Gasteiger partial charge in [-0.2, -0.15) is 0 Å². The number of fused-ring (bicyclic) bond motifs is 1. The molecule has 0 bridgehead atoms. The van der Waals surface area contributed by atoms with Crippen LogP contribution in [0.3, 0.4) is 0 Å². The van der Waals surface area contributed by atoms with Crippen LogP contribution in [-0.4, -0.2) is 64.8 Å². The van der Waals surface area contributed by atoms with E-state index in [0.29, 0.717) is 12.2 Å². The van der Waals surface area contributed by atoms with Gasteiger partial charge in [-0.1, -0.05) is 6.07 Å². The molecule has 118 valence electrons. The number of carboxylic acids is 1. The van der Waals surface area contributed by atoms with Gasteiger partial charge in [0.2, 0.25) is 0 Å². The Labute approximate surface area is 128 Å². The summed E-state index contributed by atoms with van der Waals surface area (Å²) in [5.74, 6) is -1.00. The highest BCUT2D eigenvalue weighted by atomic mass is 16.5. The molecule has 0 spiro atoms. The fourth-order valence-electron chi connectivity index (χ4n) is 2.59. The van der Waals surface area contributed by atoms with Crippen LogP contribution < -0.4 is 5.32 Å². The van der Waals surface area contributed by atoms with E-state index in [2.05, 4.69) is 15.2 Å². The van der Waals surface area contributed by atoms with E-state index in [-0.39, 0.29) is 5.69 Å². The standard InChI is InChI=1S/C15H20N4O3/c20-15(21)13-11-19-12(2-1-3-14(19)17-13)10-16-4-5-18-6-8-22-9-7-18/h1-3,11,16H,4-10H2,(H,20,21). The number of rotatable bonds is 6. The van der Waals surface area contributed by atoms with Crippen LogP contribution >= 0.6 is 0 Å². The summed E-state index contributed by atoms with van der Waals surface area (Å²) in [6.07, 6.45) is 1.57. The summed E-state index contributed by atoms with van der Waals surface area (Å²) < 4.78 is 7.15. The Morgan fingerprint density at radius 2 is 2.18 bits per heavy atom. The Kier molecular flexibility index (Phi) is 4.67. The third-order valence-electron chi connectivity index (χ3n) is 3.81. The number of imidazole rings is 1. The van der Waals surface area contributed by atoms with Gasteiger partial charge in [0, 0.05) is 44.6 Å². The van der Waals surface area contributed by atoms with Crippen LogP contribution in [0.2, 0.25) is 0 Å². The molecule has 3 heterocycles. The Balaban J connectivity index is 1.57. The highest BCUT2D eigenvalue weighted by Crippen LogP contribution is 2.09. The van der Waals surface area contributed by atoms with Crippen LogP contribution in [0, 0.1) is 0 Å². The van der Waals surface area contributed by atoms with E-state index in [1.165, 1.54) is 0 Å². The molecule has 0 atom stereocenters. The lowest BCUT2D eigenvalue weighted by atomic mass is 10.3. The van der Waals surface area contributed by atoms with E-state index in [1.807, 2.05) is 22.6 Å². The van der Waals surface area contributed by atoms with Crippen molar-refractivity contribution >= 4 is 11.6 Å². The van der Waals surface area contributed by atoms with Crippen molar-refractivity contribution in [3.05, 3.63) is 35.8 Å². The molecule has 2 aromatic rings. The van der Waals surface area contributed by atoms with Crippen molar-refractivity contribution in [1.82, 2.24) is 19.6 Å². The Morgan fingerprint density at radius 1 is 1.36 bits per heavy atom. The molecular formula is C15H20N4O3. The highest BCUT2D eigenvalue weighted by molar-refractivity contribution is 5.86. The maximum Gasteiger partial charge on any atom is 0.356 e. The molecule has 2 N–H and O–H groups in total. The van der Waals surface area contributed by atoms with Crippen LogP contribution in [0.5, 0.6) is 0 Å². The molecule has 1 fully saturated rings. The Bertz CT molecular complexity index is 649. The average molecular weight is 304 g/mol. The fourth-order valence-corrected chi connectivity index (χ4v) is 2.59. The minimum Gasteiger partial charge on any atom is -0.476 e. The van der Waals surface area contributed by atoms with Gasteiger partial charge in [-0.15, -0.1) is 0 Å². The molecule has 3 rings (SSSR count). The number of nitrogens with one attached hydrogen (secondary N) is 1. The second kappa shape index (κ2) is 6.87. The van der Waals surface area contributed by atoms with Gasteiger partial charge in [0.1, 0.15) is 5.65 Å². The molecule has 0 saturated carbocycles. The van der Waals surface area contributed by atoms with Gasteiger partial charge >= 0.3 is 5.97 Å². The van der Waals surface area contributed by atoms with Gasteiger partial charge in [-0.05, 0) is 12.1 Å². The number of morpholine rings is 1. The van der Waals surface area contributed by atoms with Crippen LogP contribution in [0.25, 0.3) is 5.65 Å². The third kappa shape index (κ3) is 3.44. The Hall–Kier alpha value is -1.96.